The number of benzene rings is 1. The van der Waals surface area contributed by atoms with Crippen LogP contribution in [0.15, 0.2) is 45.7 Å². The Kier molecular flexibility index (Phi) is 3.95. The van der Waals surface area contributed by atoms with Crippen molar-refractivity contribution in [3.8, 4) is 11.3 Å². The zero-order valence-corrected chi connectivity index (χ0v) is 13.8. The molecule has 0 bridgehead atoms. The number of thiocarbonyl (C=S) groups is 1. The van der Waals surface area contributed by atoms with Gasteiger partial charge < -0.3 is 9.73 Å². The fourth-order valence-corrected chi connectivity index (χ4v) is 3.13. The number of carbonyl (C=O) groups is 1. The van der Waals surface area contributed by atoms with Gasteiger partial charge >= 0.3 is 0 Å². The second-order valence-electron chi connectivity index (χ2n) is 4.06. The molecule has 0 saturated carbocycles. The minimum absolute atomic E-state index is 0.174. The molecule has 1 amide bonds. The molecule has 1 aromatic carbocycles. The predicted molar refractivity (Wildman–Crippen MR) is 93.2 cm³/mol. The van der Waals surface area contributed by atoms with E-state index in [-0.39, 0.29) is 5.91 Å². The van der Waals surface area contributed by atoms with Crippen molar-refractivity contribution in [3.05, 3.63) is 50.6 Å². The van der Waals surface area contributed by atoms with Gasteiger partial charge in [0.25, 0.3) is 5.91 Å². The Hall–Kier alpha value is -1.12. The van der Waals surface area contributed by atoms with Crippen LogP contribution in [0.2, 0.25) is 0 Å². The fourth-order valence-electron chi connectivity index (χ4n) is 1.75. The highest BCUT2D eigenvalue weighted by Gasteiger charge is 2.22. The third-order valence-corrected chi connectivity index (χ3v) is 4.55. The SMILES string of the molecule is O=C1NC(=S)S/C1=C/c1ccc(-c2ccc(I)cc2)o1. The number of carbonyl (C=O) groups excluding carboxylic acids is 1. The molecular formula is C14H8INO2S2. The summed E-state index contributed by atoms with van der Waals surface area (Å²) in [5, 5.41) is 2.58. The second kappa shape index (κ2) is 5.71. The van der Waals surface area contributed by atoms with Crippen LogP contribution in [0.25, 0.3) is 17.4 Å². The highest BCUT2D eigenvalue weighted by atomic mass is 127. The number of hydrogen-bond acceptors (Lipinski definition) is 4. The molecule has 100 valence electrons. The maximum absolute atomic E-state index is 11.6. The predicted octanol–water partition coefficient (Wildman–Crippen LogP) is 4.04. The van der Waals surface area contributed by atoms with E-state index < -0.39 is 0 Å². The van der Waals surface area contributed by atoms with Crippen LogP contribution in [0.5, 0.6) is 0 Å². The molecule has 20 heavy (non-hydrogen) atoms. The van der Waals surface area contributed by atoms with Gasteiger partial charge in [0, 0.05) is 15.2 Å². The lowest BCUT2D eigenvalue weighted by Gasteiger charge is -1.96. The van der Waals surface area contributed by atoms with Crippen LogP contribution >= 0.6 is 46.6 Å². The zero-order valence-electron chi connectivity index (χ0n) is 10.1. The van der Waals surface area contributed by atoms with Gasteiger partial charge in [-0.15, -0.1) is 0 Å². The highest BCUT2D eigenvalue weighted by Crippen LogP contribution is 2.28. The molecule has 0 spiro atoms. The lowest BCUT2D eigenvalue weighted by atomic mass is 10.2. The Balaban J connectivity index is 1.87. The summed E-state index contributed by atoms with van der Waals surface area (Å²) in [5.74, 6) is 1.24. The van der Waals surface area contributed by atoms with Crippen molar-refractivity contribution in [2.24, 2.45) is 0 Å². The van der Waals surface area contributed by atoms with Crippen molar-refractivity contribution in [1.29, 1.82) is 0 Å². The van der Waals surface area contributed by atoms with Gasteiger partial charge in [-0.3, -0.25) is 4.79 Å². The molecule has 1 aromatic heterocycles. The fraction of sp³-hybridized carbons (Fsp3) is 0. The van der Waals surface area contributed by atoms with Gasteiger partial charge in [0.15, 0.2) is 0 Å². The molecule has 2 aromatic rings. The summed E-state index contributed by atoms with van der Waals surface area (Å²) < 4.78 is 7.39. The van der Waals surface area contributed by atoms with Gasteiger partial charge in [0.05, 0.1) is 4.91 Å². The summed E-state index contributed by atoms with van der Waals surface area (Å²) in [5.41, 5.74) is 1.01. The van der Waals surface area contributed by atoms with Gasteiger partial charge in [-0.1, -0.05) is 36.1 Å². The van der Waals surface area contributed by atoms with Crippen molar-refractivity contribution in [1.82, 2.24) is 5.32 Å². The Morgan fingerprint density at radius 1 is 1.20 bits per heavy atom. The average molecular weight is 413 g/mol. The van der Waals surface area contributed by atoms with E-state index in [0.29, 0.717) is 15.0 Å². The van der Waals surface area contributed by atoms with Crippen molar-refractivity contribution >= 4 is 62.9 Å². The Labute approximate surface area is 139 Å². The normalized spacial score (nSPS) is 16.8. The molecule has 1 N–H and O–H groups in total. The first-order valence-corrected chi connectivity index (χ1v) is 8.03. The number of thioether (sulfide) groups is 1. The zero-order chi connectivity index (χ0) is 14.1. The lowest BCUT2D eigenvalue weighted by Crippen LogP contribution is -2.17. The first-order valence-electron chi connectivity index (χ1n) is 5.72. The lowest BCUT2D eigenvalue weighted by molar-refractivity contribution is -0.115. The van der Waals surface area contributed by atoms with Gasteiger partial charge in [-0.25, -0.2) is 0 Å². The summed E-state index contributed by atoms with van der Waals surface area (Å²) in [6, 6.07) is 11.8. The smallest absolute Gasteiger partial charge is 0.263 e. The Bertz CT molecular complexity index is 719. The largest absolute Gasteiger partial charge is 0.457 e. The van der Waals surface area contributed by atoms with Crippen LogP contribution in [0, 0.1) is 3.57 Å². The van der Waals surface area contributed by atoms with Gasteiger partial charge in [0.1, 0.15) is 15.8 Å². The molecule has 1 aliphatic heterocycles. The van der Waals surface area contributed by atoms with Crippen LogP contribution in [-0.2, 0) is 4.79 Å². The van der Waals surface area contributed by atoms with Crippen molar-refractivity contribution in [2.75, 3.05) is 0 Å². The minimum Gasteiger partial charge on any atom is -0.457 e. The van der Waals surface area contributed by atoms with Crippen LogP contribution in [0.1, 0.15) is 5.76 Å². The first kappa shape index (κ1) is 13.8. The van der Waals surface area contributed by atoms with E-state index >= 15 is 0 Å². The Morgan fingerprint density at radius 2 is 1.95 bits per heavy atom. The average Bonchev–Trinajstić information content (AvgIpc) is 2.98. The highest BCUT2D eigenvalue weighted by molar-refractivity contribution is 14.1. The van der Waals surface area contributed by atoms with Crippen LogP contribution in [0.3, 0.4) is 0 Å². The second-order valence-corrected chi connectivity index (χ2v) is 7.03. The monoisotopic (exact) mass is 413 g/mol. The quantitative estimate of drug-likeness (QED) is 0.459. The van der Waals surface area contributed by atoms with E-state index in [1.165, 1.54) is 15.3 Å². The van der Waals surface area contributed by atoms with E-state index in [4.69, 9.17) is 16.6 Å². The number of halogens is 1. The van der Waals surface area contributed by atoms with Gasteiger partial charge in [-0.05, 0) is 46.9 Å². The number of rotatable bonds is 2. The van der Waals surface area contributed by atoms with Gasteiger partial charge in [0.2, 0.25) is 0 Å². The molecule has 0 atom stereocenters. The van der Waals surface area contributed by atoms with E-state index in [1.807, 2.05) is 36.4 Å². The molecule has 3 rings (SSSR count). The number of furan rings is 1. The van der Waals surface area contributed by atoms with Crippen LogP contribution in [0.4, 0.5) is 0 Å². The molecule has 6 heteroatoms. The Morgan fingerprint density at radius 3 is 2.60 bits per heavy atom. The first-order chi connectivity index (χ1) is 9.61. The maximum Gasteiger partial charge on any atom is 0.263 e. The summed E-state index contributed by atoms with van der Waals surface area (Å²) in [4.78, 5) is 12.1. The number of hydrogen-bond donors (Lipinski definition) is 1. The molecule has 3 nitrogen and oxygen atoms in total. The molecule has 0 unspecified atom stereocenters. The maximum atomic E-state index is 11.6. The molecular weight excluding hydrogens is 405 g/mol. The van der Waals surface area contributed by atoms with Crippen molar-refractivity contribution in [3.63, 3.8) is 0 Å². The van der Waals surface area contributed by atoms with Crippen molar-refractivity contribution in [2.45, 2.75) is 0 Å². The van der Waals surface area contributed by atoms with E-state index in [2.05, 4.69) is 27.9 Å². The molecule has 1 aliphatic rings. The van der Waals surface area contributed by atoms with Crippen LogP contribution < -0.4 is 5.32 Å². The van der Waals surface area contributed by atoms with Gasteiger partial charge in [-0.2, -0.15) is 0 Å². The van der Waals surface area contributed by atoms with Crippen molar-refractivity contribution < 1.29 is 9.21 Å². The summed E-state index contributed by atoms with van der Waals surface area (Å²) in [7, 11) is 0. The van der Waals surface area contributed by atoms with E-state index in [1.54, 1.807) is 6.08 Å². The van der Waals surface area contributed by atoms with E-state index in [9.17, 15) is 4.79 Å². The standard InChI is InChI=1S/C14H8INO2S2/c15-9-3-1-8(2-4-9)11-6-5-10(18-11)7-12-13(17)16-14(19)20-12/h1-7H,(H,16,17,19)/b12-7+. The third kappa shape index (κ3) is 2.97. The summed E-state index contributed by atoms with van der Waals surface area (Å²) in [6.07, 6.45) is 1.70. The molecule has 0 radical (unpaired) electrons. The minimum atomic E-state index is -0.174. The summed E-state index contributed by atoms with van der Waals surface area (Å²) in [6.45, 7) is 0. The summed E-state index contributed by atoms with van der Waals surface area (Å²) >= 11 is 8.45. The third-order valence-electron chi connectivity index (χ3n) is 2.67. The number of nitrogens with one attached hydrogen (secondary N) is 1. The molecule has 1 fully saturated rings. The topological polar surface area (TPSA) is 42.2 Å². The van der Waals surface area contributed by atoms with E-state index in [0.717, 1.165) is 11.3 Å². The van der Waals surface area contributed by atoms with Crippen LogP contribution in [-0.4, -0.2) is 10.2 Å². The molecule has 0 aliphatic carbocycles. The molecule has 2 heterocycles. The number of amides is 1. The molecule has 1 saturated heterocycles.